The summed E-state index contributed by atoms with van der Waals surface area (Å²) >= 11 is 0. The van der Waals surface area contributed by atoms with Gasteiger partial charge in [0.2, 0.25) is 11.2 Å². The van der Waals surface area contributed by atoms with Crippen LogP contribution in [0.3, 0.4) is 0 Å². The molecule has 0 atom stereocenters. The lowest BCUT2D eigenvalue weighted by atomic mass is 10.1. The van der Waals surface area contributed by atoms with Crippen molar-refractivity contribution < 1.29 is 28.2 Å². The van der Waals surface area contributed by atoms with E-state index in [4.69, 9.17) is 23.4 Å². The Morgan fingerprint density at radius 3 is 2.27 bits per heavy atom. The first-order valence-corrected chi connectivity index (χ1v) is 10.2. The minimum absolute atomic E-state index is 0.0964. The third-order valence-corrected chi connectivity index (χ3v) is 5.03. The Morgan fingerprint density at radius 1 is 0.848 bits per heavy atom. The van der Waals surface area contributed by atoms with Crippen molar-refractivity contribution in [2.24, 2.45) is 0 Å². The van der Waals surface area contributed by atoms with Gasteiger partial charge in [-0.1, -0.05) is 6.07 Å². The maximum Gasteiger partial charge on any atom is 0.235 e. The Labute approximate surface area is 190 Å². The smallest absolute Gasteiger partial charge is 0.235 e. The summed E-state index contributed by atoms with van der Waals surface area (Å²) in [5.41, 5.74) is 0.542. The monoisotopic (exact) mass is 446 g/mol. The molecular formula is C26H22O7. The van der Waals surface area contributed by atoms with Crippen LogP contribution in [-0.4, -0.2) is 26.6 Å². The van der Waals surface area contributed by atoms with Gasteiger partial charge >= 0.3 is 0 Å². The Balaban J connectivity index is 1.53. The Hall–Kier alpha value is -4.26. The Kier molecular flexibility index (Phi) is 6.31. The molecule has 0 amide bonds. The van der Waals surface area contributed by atoms with E-state index in [0.717, 1.165) is 0 Å². The summed E-state index contributed by atoms with van der Waals surface area (Å²) in [6, 6.07) is 18.5. The molecule has 0 spiro atoms. The number of Topliss-reactive ketones (excluding diaryl/α,β-unsaturated/α-hetero) is 1. The van der Waals surface area contributed by atoms with Gasteiger partial charge in [0, 0.05) is 17.7 Å². The van der Waals surface area contributed by atoms with Gasteiger partial charge in [-0.05, 0) is 55.5 Å². The van der Waals surface area contributed by atoms with Gasteiger partial charge in [0.15, 0.2) is 12.4 Å². The summed E-state index contributed by atoms with van der Waals surface area (Å²) in [5.74, 6) is 2.39. The molecule has 4 aromatic rings. The number of hydrogen-bond donors (Lipinski definition) is 0. The number of hydrogen-bond acceptors (Lipinski definition) is 7. The third-order valence-electron chi connectivity index (χ3n) is 5.03. The van der Waals surface area contributed by atoms with E-state index in [1.54, 1.807) is 87.9 Å². The van der Waals surface area contributed by atoms with E-state index in [0.29, 0.717) is 45.3 Å². The van der Waals surface area contributed by atoms with Crippen LogP contribution in [0.2, 0.25) is 0 Å². The molecule has 3 aromatic carbocycles. The van der Waals surface area contributed by atoms with Crippen LogP contribution >= 0.6 is 0 Å². The number of aryl methyl sites for hydroxylation is 1. The molecule has 4 rings (SSSR count). The topological polar surface area (TPSA) is 84.2 Å². The lowest BCUT2D eigenvalue weighted by Gasteiger charge is -2.11. The molecule has 0 N–H and O–H groups in total. The number of rotatable bonds is 8. The Morgan fingerprint density at radius 2 is 1.55 bits per heavy atom. The number of carbonyl (C=O) groups is 1. The number of fused-ring (bicyclic) bond motifs is 1. The third kappa shape index (κ3) is 4.82. The van der Waals surface area contributed by atoms with E-state index in [1.807, 2.05) is 0 Å². The first-order valence-electron chi connectivity index (χ1n) is 10.2. The minimum Gasteiger partial charge on any atom is -0.497 e. The largest absolute Gasteiger partial charge is 0.497 e. The number of methoxy groups -OCH3 is 2. The van der Waals surface area contributed by atoms with Gasteiger partial charge in [-0.3, -0.25) is 9.59 Å². The molecule has 0 aliphatic carbocycles. The summed E-state index contributed by atoms with van der Waals surface area (Å²) in [7, 11) is 3.12. The molecular weight excluding hydrogens is 424 g/mol. The van der Waals surface area contributed by atoms with E-state index in [-0.39, 0.29) is 23.6 Å². The minimum atomic E-state index is -0.308. The van der Waals surface area contributed by atoms with Crippen LogP contribution in [0.4, 0.5) is 0 Å². The molecule has 0 bridgehead atoms. The van der Waals surface area contributed by atoms with E-state index in [1.165, 1.54) is 0 Å². The van der Waals surface area contributed by atoms with Gasteiger partial charge in [-0.2, -0.15) is 0 Å². The highest BCUT2D eigenvalue weighted by atomic mass is 16.5. The predicted molar refractivity (Wildman–Crippen MR) is 123 cm³/mol. The highest BCUT2D eigenvalue weighted by molar-refractivity contribution is 5.97. The van der Waals surface area contributed by atoms with Crippen LogP contribution in [0.1, 0.15) is 16.1 Å². The molecule has 0 aliphatic rings. The van der Waals surface area contributed by atoms with Crippen LogP contribution in [0.15, 0.2) is 75.9 Å². The van der Waals surface area contributed by atoms with Gasteiger partial charge in [0.05, 0.1) is 19.6 Å². The summed E-state index contributed by atoms with van der Waals surface area (Å²) in [5, 5.41) is 0.340. The molecule has 0 unspecified atom stereocenters. The maximum absolute atomic E-state index is 13.0. The van der Waals surface area contributed by atoms with Crippen LogP contribution in [0.25, 0.3) is 11.0 Å². The standard InChI is InChI=1S/C26H22O7/c1-16-26(33-21-6-4-5-19(13-21)30-3)25(28)22-12-11-20(14-24(22)32-16)31-15-23(27)17-7-9-18(29-2)10-8-17/h4-14H,15H2,1-3H3. The average Bonchev–Trinajstić information content (AvgIpc) is 2.85. The molecule has 7 nitrogen and oxygen atoms in total. The summed E-state index contributed by atoms with van der Waals surface area (Å²) in [4.78, 5) is 25.4. The number of benzene rings is 3. The summed E-state index contributed by atoms with van der Waals surface area (Å²) in [6.07, 6.45) is 0. The number of ether oxygens (including phenoxy) is 4. The van der Waals surface area contributed by atoms with Crippen LogP contribution in [0.5, 0.6) is 28.7 Å². The second kappa shape index (κ2) is 9.48. The van der Waals surface area contributed by atoms with Crippen molar-refractivity contribution in [3.05, 3.63) is 88.3 Å². The molecule has 0 saturated heterocycles. The molecule has 168 valence electrons. The van der Waals surface area contributed by atoms with E-state index in [2.05, 4.69) is 0 Å². The van der Waals surface area contributed by atoms with Crippen LogP contribution in [-0.2, 0) is 0 Å². The lowest BCUT2D eigenvalue weighted by molar-refractivity contribution is 0.0921. The highest BCUT2D eigenvalue weighted by Gasteiger charge is 2.15. The van der Waals surface area contributed by atoms with Gasteiger partial charge in [0.1, 0.15) is 34.3 Å². The van der Waals surface area contributed by atoms with E-state index in [9.17, 15) is 9.59 Å². The second-order valence-electron chi connectivity index (χ2n) is 7.20. The van der Waals surface area contributed by atoms with Crippen molar-refractivity contribution in [2.75, 3.05) is 20.8 Å². The molecule has 0 fully saturated rings. The van der Waals surface area contributed by atoms with Gasteiger partial charge in [0.25, 0.3) is 0 Å². The molecule has 7 heteroatoms. The first kappa shape index (κ1) is 22.0. The van der Waals surface area contributed by atoms with Crippen molar-refractivity contribution in [3.8, 4) is 28.7 Å². The SMILES string of the molecule is COc1ccc(C(=O)COc2ccc3c(=O)c(Oc4cccc(OC)c4)c(C)oc3c2)cc1. The molecule has 0 radical (unpaired) electrons. The second-order valence-corrected chi connectivity index (χ2v) is 7.20. The van der Waals surface area contributed by atoms with Gasteiger partial charge < -0.3 is 23.4 Å². The van der Waals surface area contributed by atoms with Crippen molar-refractivity contribution in [1.82, 2.24) is 0 Å². The van der Waals surface area contributed by atoms with Crippen LogP contribution < -0.4 is 24.4 Å². The fourth-order valence-electron chi connectivity index (χ4n) is 3.27. The molecule has 0 saturated carbocycles. The van der Waals surface area contributed by atoms with Crippen LogP contribution in [0, 0.1) is 6.92 Å². The number of ketones is 1. The zero-order chi connectivity index (χ0) is 23.4. The molecule has 1 aromatic heterocycles. The zero-order valence-corrected chi connectivity index (χ0v) is 18.4. The fraction of sp³-hybridized carbons (Fsp3) is 0.154. The van der Waals surface area contributed by atoms with E-state index < -0.39 is 0 Å². The lowest BCUT2D eigenvalue weighted by Crippen LogP contribution is -2.12. The molecule has 33 heavy (non-hydrogen) atoms. The molecule has 1 heterocycles. The normalized spacial score (nSPS) is 10.6. The number of carbonyl (C=O) groups excluding carboxylic acids is 1. The molecule has 0 aliphatic heterocycles. The summed E-state index contributed by atoms with van der Waals surface area (Å²) in [6.45, 7) is 1.50. The Bertz CT molecular complexity index is 1350. The zero-order valence-electron chi connectivity index (χ0n) is 18.4. The average molecular weight is 446 g/mol. The van der Waals surface area contributed by atoms with Gasteiger partial charge in [-0.15, -0.1) is 0 Å². The first-order chi connectivity index (χ1) is 16.0. The van der Waals surface area contributed by atoms with Crippen molar-refractivity contribution in [2.45, 2.75) is 6.92 Å². The van der Waals surface area contributed by atoms with Crippen molar-refractivity contribution >= 4 is 16.8 Å². The van der Waals surface area contributed by atoms with Gasteiger partial charge in [-0.25, -0.2) is 0 Å². The highest BCUT2D eigenvalue weighted by Crippen LogP contribution is 2.29. The predicted octanol–water partition coefficient (Wildman–Crippen LogP) is 5.17. The van der Waals surface area contributed by atoms with E-state index >= 15 is 0 Å². The van der Waals surface area contributed by atoms with Crippen molar-refractivity contribution in [3.63, 3.8) is 0 Å². The fourth-order valence-corrected chi connectivity index (χ4v) is 3.27. The summed E-state index contributed by atoms with van der Waals surface area (Å²) < 4.78 is 27.5. The van der Waals surface area contributed by atoms with Crippen molar-refractivity contribution in [1.29, 1.82) is 0 Å². The maximum atomic E-state index is 13.0. The quantitative estimate of drug-likeness (QED) is 0.345.